The molecule has 1 aromatic heterocycles. The van der Waals surface area contributed by atoms with Gasteiger partial charge >= 0.3 is 0 Å². The molecule has 11 heteroatoms. The lowest BCUT2D eigenvalue weighted by Crippen LogP contribution is -2.37. The Kier molecular flexibility index (Phi) is 7.51. The van der Waals surface area contributed by atoms with Crippen LogP contribution in [0.4, 0.5) is 0 Å². The van der Waals surface area contributed by atoms with Crippen LogP contribution in [0.25, 0.3) is 10.9 Å². The van der Waals surface area contributed by atoms with Crippen molar-refractivity contribution in [2.45, 2.75) is 37.2 Å². The van der Waals surface area contributed by atoms with E-state index in [-0.39, 0.29) is 30.3 Å². The number of carbonyl (C=O) groups excluding carboxylic acids is 2. The van der Waals surface area contributed by atoms with E-state index in [0.29, 0.717) is 37.4 Å². The zero-order chi connectivity index (χ0) is 25.9. The van der Waals surface area contributed by atoms with E-state index in [9.17, 15) is 18.0 Å². The number of ether oxygens (including phenoxy) is 2. The van der Waals surface area contributed by atoms with E-state index < -0.39 is 15.9 Å². The van der Waals surface area contributed by atoms with Gasteiger partial charge in [0.2, 0.25) is 21.8 Å². The standard InChI is InChI=1S/C25H30N4O6S/c1-34-17-5-8-19(9-6-17)36(32,33)28-13-11-20-21-14-18(35-2)7-10-22(21)29(23(20)15-28)16-25(31)27-12-3-4-24(26)30/h5-10,14H,3-4,11-13,15-16H2,1-2H3,(H2,26,30)(H,27,31). The molecular formula is C25H30N4O6S. The number of nitrogens with zero attached hydrogens (tertiary/aromatic N) is 2. The first-order valence-electron chi connectivity index (χ1n) is 11.6. The predicted molar refractivity (Wildman–Crippen MR) is 134 cm³/mol. The second kappa shape index (κ2) is 10.6. The molecule has 1 aliphatic rings. The predicted octanol–water partition coefficient (Wildman–Crippen LogP) is 1.79. The molecule has 3 N–H and O–H groups in total. The van der Waals surface area contributed by atoms with E-state index >= 15 is 0 Å². The summed E-state index contributed by atoms with van der Waals surface area (Å²) in [6, 6.07) is 11.9. The Labute approximate surface area is 210 Å². The van der Waals surface area contributed by atoms with E-state index in [2.05, 4.69) is 5.32 Å². The maximum Gasteiger partial charge on any atom is 0.243 e. The van der Waals surface area contributed by atoms with E-state index in [1.165, 1.54) is 23.5 Å². The Bertz CT molecular complexity index is 1380. The summed E-state index contributed by atoms with van der Waals surface area (Å²) in [5.41, 5.74) is 7.77. The molecule has 0 unspecified atom stereocenters. The lowest BCUT2D eigenvalue weighted by Gasteiger charge is -2.28. The van der Waals surface area contributed by atoms with Gasteiger partial charge < -0.3 is 25.1 Å². The average molecular weight is 515 g/mol. The van der Waals surface area contributed by atoms with Crippen LogP contribution in [-0.4, -0.2) is 56.4 Å². The summed E-state index contributed by atoms with van der Waals surface area (Å²) in [5, 5.41) is 3.75. The van der Waals surface area contributed by atoms with Crippen molar-refractivity contribution in [2.24, 2.45) is 5.73 Å². The first-order valence-corrected chi connectivity index (χ1v) is 13.1. The summed E-state index contributed by atoms with van der Waals surface area (Å²) in [4.78, 5) is 23.9. The van der Waals surface area contributed by atoms with Crippen LogP contribution in [0.5, 0.6) is 11.5 Å². The van der Waals surface area contributed by atoms with Gasteiger partial charge in [-0.2, -0.15) is 4.31 Å². The number of methoxy groups -OCH3 is 2. The van der Waals surface area contributed by atoms with Crippen LogP contribution in [-0.2, 0) is 39.1 Å². The SMILES string of the molecule is COc1ccc(S(=O)(=O)N2CCc3c(n(CC(=O)NCCCC(N)=O)c4ccc(OC)cc34)C2)cc1. The van der Waals surface area contributed by atoms with Crippen LogP contribution in [0.2, 0.25) is 0 Å². The summed E-state index contributed by atoms with van der Waals surface area (Å²) in [6.07, 6.45) is 1.15. The quantitative estimate of drug-likeness (QED) is 0.397. The van der Waals surface area contributed by atoms with E-state index in [1.54, 1.807) is 19.2 Å². The van der Waals surface area contributed by atoms with Gasteiger partial charge in [0.05, 0.1) is 25.7 Å². The smallest absolute Gasteiger partial charge is 0.243 e. The van der Waals surface area contributed by atoms with Crippen LogP contribution in [0.15, 0.2) is 47.4 Å². The fourth-order valence-corrected chi connectivity index (χ4v) is 5.90. The molecule has 36 heavy (non-hydrogen) atoms. The van der Waals surface area contributed by atoms with Crippen molar-refractivity contribution in [1.82, 2.24) is 14.2 Å². The summed E-state index contributed by atoms with van der Waals surface area (Å²) in [7, 11) is -0.640. The molecule has 2 amide bonds. The van der Waals surface area contributed by atoms with Gasteiger partial charge in [-0.15, -0.1) is 0 Å². The van der Waals surface area contributed by atoms with Crippen molar-refractivity contribution in [2.75, 3.05) is 27.3 Å². The molecule has 0 atom stereocenters. The highest BCUT2D eigenvalue weighted by atomic mass is 32.2. The molecule has 0 aliphatic carbocycles. The van der Waals surface area contributed by atoms with Crippen LogP contribution in [0, 0.1) is 0 Å². The molecule has 192 valence electrons. The molecular weight excluding hydrogens is 484 g/mol. The number of hydrogen-bond donors (Lipinski definition) is 2. The number of carbonyl (C=O) groups is 2. The Morgan fingerprint density at radius 2 is 1.75 bits per heavy atom. The Hall–Kier alpha value is -3.57. The minimum atomic E-state index is -3.76. The van der Waals surface area contributed by atoms with E-state index in [1.807, 2.05) is 22.8 Å². The number of sulfonamides is 1. The van der Waals surface area contributed by atoms with Crippen LogP contribution in [0.1, 0.15) is 24.1 Å². The Morgan fingerprint density at radius 1 is 1.06 bits per heavy atom. The van der Waals surface area contributed by atoms with Crippen molar-refractivity contribution in [3.63, 3.8) is 0 Å². The topological polar surface area (TPSA) is 133 Å². The number of primary amides is 1. The molecule has 2 aromatic carbocycles. The van der Waals surface area contributed by atoms with Crippen LogP contribution >= 0.6 is 0 Å². The molecule has 0 fully saturated rings. The third kappa shape index (κ3) is 5.17. The van der Waals surface area contributed by atoms with Gasteiger partial charge in [0, 0.05) is 36.1 Å². The van der Waals surface area contributed by atoms with Crippen molar-refractivity contribution in [1.29, 1.82) is 0 Å². The normalized spacial score (nSPS) is 13.8. The molecule has 2 heterocycles. The number of nitrogens with one attached hydrogen (secondary N) is 1. The number of benzene rings is 2. The van der Waals surface area contributed by atoms with E-state index in [4.69, 9.17) is 15.2 Å². The van der Waals surface area contributed by atoms with Gasteiger partial charge in [-0.1, -0.05) is 0 Å². The monoisotopic (exact) mass is 514 g/mol. The van der Waals surface area contributed by atoms with Crippen LogP contribution in [0.3, 0.4) is 0 Å². The van der Waals surface area contributed by atoms with Crippen molar-refractivity contribution in [3.8, 4) is 11.5 Å². The van der Waals surface area contributed by atoms with Gasteiger partial charge in [0.25, 0.3) is 0 Å². The third-order valence-corrected chi connectivity index (χ3v) is 8.21. The number of rotatable bonds is 10. The summed E-state index contributed by atoms with van der Waals surface area (Å²) < 4.78 is 40.7. The highest BCUT2D eigenvalue weighted by Crippen LogP contribution is 2.35. The molecule has 10 nitrogen and oxygen atoms in total. The summed E-state index contributed by atoms with van der Waals surface area (Å²) in [5.74, 6) is 0.615. The molecule has 0 radical (unpaired) electrons. The summed E-state index contributed by atoms with van der Waals surface area (Å²) in [6.45, 7) is 0.798. The highest BCUT2D eigenvalue weighted by Gasteiger charge is 2.32. The second-order valence-corrected chi connectivity index (χ2v) is 10.5. The molecule has 0 bridgehead atoms. The van der Waals surface area contributed by atoms with Gasteiger partial charge in [-0.05, 0) is 60.9 Å². The molecule has 0 spiro atoms. The number of fused-ring (bicyclic) bond motifs is 3. The van der Waals surface area contributed by atoms with Gasteiger partial charge in [-0.25, -0.2) is 8.42 Å². The summed E-state index contributed by atoms with van der Waals surface area (Å²) >= 11 is 0. The minimum Gasteiger partial charge on any atom is -0.497 e. The maximum atomic E-state index is 13.4. The average Bonchev–Trinajstić information content (AvgIpc) is 3.18. The largest absolute Gasteiger partial charge is 0.497 e. The number of amides is 2. The zero-order valence-corrected chi connectivity index (χ0v) is 21.1. The fourth-order valence-electron chi connectivity index (χ4n) is 4.50. The molecule has 4 rings (SSSR count). The molecule has 3 aromatic rings. The third-order valence-electron chi connectivity index (χ3n) is 6.35. The lowest BCUT2D eigenvalue weighted by atomic mass is 10.0. The zero-order valence-electron chi connectivity index (χ0n) is 20.3. The second-order valence-electron chi connectivity index (χ2n) is 8.58. The minimum absolute atomic E-state index is 0.0190. The first-order chi connectivity index (χ1) is 17.2. The van der Waals surface area contributed by atoms with Gasteiger partial charge in [0.1, 0.15) is 18.0 Å². The van der Waals surface area contributed by atoms with Gasteiger partial charge in [0.15, 0.2) is 0 Å². The van der Waals surface area contributed by atoms with Crippen molar-refractivity contribution in [3.05, 3.63) is 53.7 Å². The maximum absolute atomic E-state index is 13.4. The first kappa shape index (κ1) is 25.5. The molecule has 0 saturated carbocycles. The van der Waals surface area contributed by atoms with E-state index in [0.717, 1.165) is 22.2 Å². The molecule has 1 aliphatic heterocycles. The van der Waals surface area contributed by atoms with Crippen LogP contribution < -0.4 is 20.5 Å². The highest BCUT2D eigenvalue weighted by molar-refractivity contribution is 7.89. The fraction of sp³-hybridized carbons (Fsp3) is 0.360. The van der Waals surface area contributed by atoms with Crippen molar-refractivity contribution >= 4 is 32.7 Å². The lowest BCUT2D eigenvalue weighted by molar-refractivity contribution is -0.122. The Balaban J connectivity index is 1.65. The number of nitrogens with two attached hydrogens (primary N) is 1. The molecule has 0 saturated heterocycles. The number of hydrogen-bond acceptors (Lipinski definition) is 6. The van der Waals surface area contributed by atoms with Gasteiger partial charge in [-0.3, -0.25) is 9.59 Å². The van der Waals surface area contributed by atoms with Crippen molar-refractivity contribution < 1.29 is 27.5 Å². The Morgan fingerprint density at radius 3 is 2.42 bits per heavy atom. The number of aromatic nitrogens is 1.